The maximum atomic E-state index is 13.1. The Bertz CT molecular complexity index is 1090. The molecule has 0 aliphatic rings. The zero-order valence-electron chi connectivity index (χ0n) is 20.4. The molecule has 0 unspecified atom stereocenters. The van der Waals surface area contributed by atoms with Gasteiger partial charge >= 0.3 is 0 Å². The molecule has 0 atom stereocenters. The van der Waals surface area contributed by atoms with Gasteiger partial charge in [-0.15, -0.1) is 0 Å². The molecule has 3 aromatic rings. The number of fused-ring (bicyclic) bond motifs is 1. The Hall–Kier alpha value is -2.76. The van der Waals surface area contributed by atoms with Gasteiger partial charge in [0.1, 0.15) is 17.0 Å². The number of anilines is 2. The predicted octanol–water partition coefficient (Wildman–Crippen LogP) is 6.15. The first-order chi connectivity index (χ1) is 14.2. The average molecular weight is 424 g/mol. The number of aryl methyl sites for hydroxylation is 1. The molecule has 2 heterocycles. The zero-order chi connectivity index (χ0) is 23.2. The van der Waals surface area contributed by atoms with Crippen molar-refractivity contribution in [1.29, 1.82) is 0 Å². The van der Waals surface area contributed by atoms with Crippen LogP contribution in [0.15, 0.2) is 30.5 Å². The number of para-hydroxylation sites is 1. The summed E-state index contributed by atoms with van der Waals surface area (Å²) >= 11 is 0. The minimum atomic E-state index is -0.175. The number of carbonyl (C=O) groups is 1. The summed E-state index contributed by atoms with van der Waals surface area (Å²) < 4.78 is 1.83. The Morgan fingerprint density at radius 3 is 2.29 bits per heavy atom. The summed E-state index contributed by atoms with van der Waals surface area (Å²) in [5.74, 6) is 0.734. The summed E-state index contributed by atoms with van der Waals surface area (Å²) in [5.41, 5.74) is 3.96. The molecule has 2 aromatic heterocycles. The lowest BCUT2D eigenvalue weighted by molar-refractivity contribution is 0.102. The highest BCUT2D eigenvalue weighted by atomic mass is 16.1. The van der Waals surface area contributed by atoms with Crippen LogP contribution in [-0.2, 0) is 5.41 Å². The highest BCUT2D eigenvalue weighted by molar-refractivity contribution is 6.08. The van der Waals surface area contributed by atoms with Gasteiger partial charge in [0.2, 0.25) is 0 Å². The van der Waals surface area contributed by atoms with E-state index in [0.717, 1.165) is 29.2 Å². The number of aromatic amines is 1. The molecule has 0 saturated heterocycles. The van der Waals surface area contributed by atoms with Gasteiger partial charge in [0, 0.05) is 16.6 Å². The third-order valence-corrected chi connectivity index (χ3v) is 5.28. The Balaban J connectivity index is 2.03. The molecule has 0 bridgehead atoms. The van der Waals surface area contributed by atoms with Gasteiger partial charge in [0.15, 0.2) is 0 Å². The summed E-state index contributed by atoms with van der Waals surface area (Å²) in [6, 6.07) is 7.77. The summed E-state index contributed by atoms with van der Waals surface area (Å²) in [6.07, 6.45) is 2.62. The molecule has 0 saturated carbocycles. The Morgan fingerprint density at radius 1 is 1.06 bits per heavy atom. The molecule has 3 rings (SSSR count). The van der Waals surface area contributed by atoms with E-state index >= 15 is 0 Å². The third-order valence-electron chi connectivity index (χ3n) is 5.28. The molecule has 0 aliphatic carbocycles. The monoisotopic (exact) mass is 423 g/mol. The van der Waals surface area contributed by atoms with Crippen molar-refractivity contribution in [1.82, 2.24) is 14.6 Å². The first kappa shape index (κ1) is 22.9. The van der Waals surface area contributed by atoms with Crippen LogP contribution < -0.4 is 10.6 Å². The second-order valence-electron chi connectivity index (χ2n) is 11.4. The molecule has 31 heavy (non-hydrogen) atoms. The maximum Gasteiger partial charge on any atom is 0.261 e. The van der Waals surface area contributed by atoms with Crippen LogP contribution in [0.25, 0.3) is 5.65 Å². The van der Waals surface area contributed by atoms with E-state index in [9.17, 15) is 4.79 Å². The predicted molar refractivity (Wildman–Crippen MR) is 129 cm³/mol. The number of hydrogen-bond donors (Lipinski definition) is 3. The van der Waals surface area contributed by atoms with E-state index in [4.69, 9.17) is 0 Å². The Labute approximate surface area is 185 Å². The third kappa shape index (κ3) is 5.12. The molecular formula is C25H37N5O. The molecule has 3 N–H and O–H groups in total. The lowest BCUT2D eigenvalue weighted by Crippen LogP contribution is -2.36. The Kier molecular flexibility index (Phi) is 5.72. The lowest BCUT2D eigenvalue weighted by atomic mass is 9.81. The topological polar surface area (TPSA) is 74.2 Å². The van der Waals surface area contributed by atoms with E-state index in [1.807, 2.05) is 35.7 Å². The average Bonchev–Trinajstić information content (AvgIpc) is 3.14. The van der Waals surface area contributed by atoms with Crippen LogP contribution in [0.3, 0.4) is 0 Å². The second kappa shape index (κ2) is 7.74. The van der Waals surface area contributed by atoms with Gasteiger partial charge in [-0.05, 0) is 44.2 Å². The summed E-state index contributed by atoms with van der Waals surface area (Å²) in [6.45, 7) is 19.6. The fourth-order valence-corrected chi connectivity index (χ4v) is 4.34. The molecule has 0 spiro atoms. The molecule has 6 nitrogen and oxygen atoms in total. The van der Waals surface area contributed by atoms with Gasteiger partial charge in [0.25, 0.3) is 5.91 Å². The van der Waals surface area contributed by atoms with Crippen LogP contribution in [0, 0.1) is 12.3 Å². The van der Waals surface area contributed by atoms with Gasteiger partial charge in [-0.3, -0.25) is 4.79 Å². The SMILES string of the molecule is Cc1ccccc1NC(=O)c1cnn2c(NC(C)(C)CC(C)(C)C)c(C(C)(C)C)[nH]c12. The molecular weight excluding hydrogens is 386 g/mol. The largest absolute Gasteiger partial charge is 0.364 e. The van der Waals surface area contributed by atoms with E-state index < -0.39 is 0 Å². The molecule has 0 fully saturated rings. The zero-order valence-corrected chi connectivity index (χ0v) is 20.4. The van der Waals surface area contributed by atoms with Crippen molar-refractivity contribution in [2.45, 2.75) is 79.7 Å². The van der Waals surface area contributed by atoms with Crippen molar-refractivity contribution in [3.05, 3.63) is 47.3 Å². The van der Waals surface area contributed by atoms with Gasteiger partial charge in [-0.25, -0.2) is 0 Å². The molecule has 0 aliphatic heterocycles. The van der Waals surface area contributed by atoms with E-state index in [2.05, 4.69) is 76.1 Å². The van der Waals surface area contributed by atoms with Crippen LogP contribution in [0.2, 0.25) is 0 Å². The fourth-order valence-electron chi connectivity index (χ4n) is 4.34. The number of benzene rings is 1. The van der Waals surface area contributed by atoms with Gasteiger partial charge < -0.3 is 15.6 Å². The number of nitrogens with zero attached hydrogens (tertiary/aromatic N) is 2. The first-order valence-corrected chi connectivity index (χ1v) is 10.9. The number of nitrogens with one attached hydrogen (secondary N) is 3. The molecule has 1 amide bonds. The van der Waals surface area contributed by atoms with Gasteiger partial charge in [0.05, 0.1) is 11.9 Å². The number of rotatable bonds is 5. The number of aromatic nitrogens is 3. The van der Waals surface area contributed by atoms with Crippen molar-refractivity contribution in [2.75, 3.05) is 10.6 Å². The second-order valence-corrected chi connectivity index (χ2v) is 11.4. The van der Waals surface area contributed by atoms with Crippen molar-refractivity contribution in [3.8, 4) is 0 Å². The van der Waals surface area contributed by atoms with E-state index in [1.165, 1.54) is 0 Å². The van der Waals surface area contributed by atoms with E-state index in [-0.39, 0.29) is 22.3 Å². The van der Waals surface area contributed by atoms with Crippen LogP contribution in [0.1, 0.15) is 83.4 Å². The van der Waals surface area contributed by atoms with Crippen LogP contribution >= 0.6 is 0 Å². The number of carbonyl (C=O) groups excluding carboxylic acids is 1. The van der Waals surface area contributed by atoms with E-state index in [0.29, 0.717) is 11.2 Å². The highest BCUT2D eigenvalue weighted by Crippen LogP contribution is 2.35. The molecule has 1 aromatic carbocycles. The van der Waals surface area contributed by atoms with E-state index in [1.54, 1.807) is 6.20 Å². The number of hydrogen-bond acceptors (Lipinski definition) is 3. The quantitative estimate of drug-likeness (QED) is 0.461. The minimum absolute atomic E-state index is 0.148. The standard InChI is InChI=1S/C25H37N5O/c1-16-12-10-11-13-18(16)27-22(31)17-14-26-30-20(17)28-19(24(5,6)7)21(30)29-25(8,9)15-23(2,3)4/h10-14,28-29H,15H2,1-9H3,(H,27,31). The van der Waals surface area contributed by atoms with Crippen molar-refractivity contribution in [3.63, 3.8) is 0 Å². The number of H-pyrrole nitrogens is 1. The summed E-state index contributed by atoms with van der Waals surface area (Å²) in [5, 5.41) is 11.3. The molecule has 6 heteroatoms. The highest BCUT2D eigenvalue weighted by Gasteiger charge is 2.32. The van der Waals surface area contributed by atoms with Gasteiger partial charge in [-0.1, -0.05) is 59.7 Å². The van der Waals surface area contributed by atoms with Crippen molar-refractivity contribution < 1.29 is 4.79 Å². The minimum Gasteiger partial charge on any atom is -0.364 e. The lowest BCUT2D eigenvalue weighted by Gasteiger charge is -2.34. The smallest absolute Gasteiger partial charge is 0.261 e. The summed E-state index contributed by atoms with van der Waals surface area (Å²) in [4.78, 5) is 16.6. The normalized spacial score (nSPS) is 12.9. The van der Waals surface area contributed by atoms with Crippen LogP contribution in [0.5, 0.6) is 0 Å². The first-order valence-electron chi connectivity index (χ1n) is 10.9. The Morgan fingerprint density at radius 2 is 1.71 bits per heavy atom. The number of amides is 1. The maximum absolute atomic E-state index is 13.1. The summed E-state index contributed by atoms with van der Waals surface area (Å²) in [7, 11) is 0. The van der Waals surface area contributed by atoms with Crippen molar-refractivity contribution >= 4 is 23.1 Å². The van der Waals surface area contributed by atoms with Gasteiger partial charge in [-0.2, -0.15) is 9.61 Å². The number of imidazole rings is 1. The van der Waals surface area contributed by atoms with Crippen molar-refractivity contribution in [2.24, 2.45) is 5.41 Å². The molecule has 0 radical (unpaired) electrons. The molecule has 168 valence electrons. The van der Waals surface area contributed by atoms with Crippen LogP contribution in [-0.4, -0.2) is 26.0 Å². The fraction of sp³-hybridized carbons (Fsp3) is 0.520. The van der Waals surface area contributed by atoms with Crippen LogP contribution in [0.4, 0.5) is 11.5 Å².